The van der Waals surface area contributed by atoms with Gasteiger partial charge in [0.2, 0.25) is 5.82 Å². The second-order valence-electron chi connectivity index (χ2n) is 3.73. The number of rotatable bonds is 4. The van der Waals surface area contributed by atoms with Crippen LogP contribution in [0.2, 0.25) is 0 Å². The van der Waals surface area contributed by atoms with E-state index in [1.807, 2.05) is 0 Å². The topological polar surface area (TPSA) is 84.6 Å². The number of carbonyl (C=O) groups is 1. The molecule has 0 saturated heterocycles. The first-order chi connectivity index (χ1) is 8.58. The first kappa shape index (κ1) is 12.0. The second-order valence-corrected chi connectivity index (χ2v) is 3.73. The summed E-state index contributed by atoms with van der Waals surface area (Å²) in [4.78, 5) is 14.7. The molecule has 0 amide bonds. The van der Waals surface area contributed by atoms with E-state index in [2.05, 4.69) is 4.98 Å². The Morgan fingerprint density at radius 3 is 2.78 bits per heavy atom. The second kappa shape index (κ2) is 4.79. The molecule has 18 heavy (non-hydrogen) atoms. The summed E-state index contributed by atoms with van der Waals surface area (Å²) >= 11 is 0. The van der Waals surface area contributed by atoms with Crippen LogP contribution in [0.15, 0.2) is 30.5 Å². The molecule has 6 nitrogen and oxygen atoms in total. The summed E-state index contributed by atoms with van der Waals surface area (Å²) < 4.78 is 6.76. The lowest BCUT2D eigenvalue weighted by Crippen LogP contribution is -2.05. The summed E-state index contributed by atoms with van der Waals surface area (Å²) in [6, 6.07) is 6.55. The Morgan fingerprint density at radius 1 is 1.44 bits per heavy atom. The predicted molar refractivity (Wildman–Crippen MR) is 62.6 cm³/mol. The average molecular weight is 248 g/mol. The first-order valence-electron chi connectivity index (χ1n) is 5.24. The van der Waals surface area contributed by atoms with Crippen molar-refractivity contribution >= 4 is 5.97 Å². The highest BCUT2D eigenvalue weighted by molar-refractivity contribution is 5.83. The van der Waals surface area contributed by atoms with Crippen LogP contribution in [0, 0.1) is 0 Å². The van der Waals surface area contributed by atoms with Crippen LogP contribution in [0.25, 0.3) is 0 Å². The molecule has 0 aliphatic heterocycles. The zero-order chi connectivity index (χ0) is 13.1. The Labute approximate surface area is 103 Å². The van der Waals surface area contributed by atoms with E-state index in [9.17, 15) is 9.90 Å². The number of aromatic carboxylic acids is 1. The molecule has 0 radical (unpaired) electrons. The molecule has 0 fully saturated rings. The molecule has 0 atom stereocenters. The Kier molecular flexibility index (Phi) is 3.18. The number of aromatic nitrogens is 2. The number of carboxylic acid groups (broad SMARTS) is 1. The fourth-order valence-electron chi connectivity index (χ4n) is 1.53. The standard InChI is InChI=1S/C12H12N2O4/c1-14-6-8(13-11(14)12(16)17)7-18-10-5-3-2-4-9(10)15/h2-6,15H,7H2,1H3,(H,16,17). The highest BCUT2D eigenvalue weighted by Crippen LogP contribution is 2.25. The van der Waals surface area contributed by atoms with Crippen molar-refractivity contribution < 1.29 is 19.7 Å². The number of aromatic hydroxyl groups is 1. The van der Waals surface area contributed by atoms with E-state index in [-0.39, 0.29) is 18.2 Å². The lowest BCUT2D eigenvalue weighted by atomic mass is 10.3. The van der Waals surface area contributed by atoms with Crippen LogP contribution >= 0.6 is 0 Å². The van der Waals surface area contributed by atoms with Gasteiger partial charge in [-0.1, -0.05) is 12.1 Å². The molecule has 0 aliphatic rings. The monoisotopic (exact) mass is 248 g/mol. The van der Waals surface area contributed by atoms with Crippen LogP contribution in [0.1, 0.15) is 16.3 Å². The fraction of sp³-hybridized carbons (Fsp3) is 0.167. The summed E-state index contributed by atoms with van der Waals surface area (Å²) in [5.41, 5.74) is 0.484. The van der Waals surface area contributed by atoms with Crippen LogP contribution in [-0.2, 0) is 13.7 Å². The molecular formula is C12H12N2O4. The Balaban J connectivity index is 2.09. The maximum atomic E-state index is 10.8. The van der Waals surface area contributed by atoms with Gasteiger partial charge in [0.05, 0.1) is 5.69 Å². The van der Waals surface area contributed by atoms with Crippen LogP contribution in [0.3, 0.4) is 0 Å². The number of nitrogens with zero attached hydrogens (tertiary/aromatic N) is 2. The molecule has 2 aromatic rings. The van der Waals surface area contributed by atoms with Crippen molar-refractivity contribution in [2.45, 2.75) is 6.61 Å². The third-order valence-electron chi connectivity index (χ3n) is 2.36. The number of imidazole rings is 1. The van der Waals surface area contributed by atoms with Gasteiger partial charge in [0.25, 0.3) is 0 Å². The maximum Gasteiger partial charge on any atom is 0.372 e. The number of aryl methyl sites for hydroxylation is 1. The number of hydrogen-bond donors (Lipinski definition) is 2. The van der Waals surface area contributed by atoms with E-state index in [4.69, 9.17) is 9.84 Å². The van der Waals surface area contributed by atoms with Crippen LogP contribution < -0.4 is 4.74 Å². The van der Waals surface area contributed by atoms with Crippen molar-refractivity contribution in [3.8, 4) is 11.5 Å². The van der Waals surface area contributed by atoms with Gasteiger partial charge in [0.1, 0.15) is 6.61 Å². The van der Waals surface area contributed by atoms with Crippen LogP contribution in [-0.4, -0.2) is 25.7 Å². The van der Waals surface area contributed by atoms with Crippen LogP contribution in [0.4, 0.5) is 0 Å². The van der Waals surface area contributed by atoms with E-state index >= 15 is 0 Å². The van der Waals surface area contributed by atoms with Crippen molar-refractivity contribution in [1.29, 1.82) is 0 Å². The van der Waals surface area contributed by atoms with E-state index in [1.54, 1.807) is 31.4 Å². The quantitative estimate of drug-likeness (QED) is 0.854. The SMILES string of the molecule is Cn1cc(COc2ccccc2O)nc1C(=O)O. The lowest BCUT2D eigenvalue weighted by molar-refractivity contribution is 0.0679. The molecule has 0 saturated carbocycles. The van der Waals surface area contributed by atoms with Crippen molar-refractivity contribution in [3.05, 3.63) is 42.0 Å². The van der Waals surface area contributed by atoms with Gasteiger partial charge in [-0.3, -0.25) is 0 Å². The third kappa shape index (κ3) is 2.42. The van der Waals surface area contributed by atoms with Gasteiger partial charge in [0, 0.05) is 13.2 Å². The van der Waals surface area contributed by atoms with Gasteiger partial charge < -0.3 is 19.5 Å². The van der Waals surface area contributed by atoms with E-state index in [0.29, 0.717) is 11.4 Å². The first-order valence-corrected chi connectivity index (χ1v) is 5.24. The van der Waals surface area contributed by atoms with Gasteiger partial charge in [-0.2, -0.15) is 0 Å². The van der Waals surface area contributed by atoms with Crippen molar-refractivity contribution in [3.63, 3.8) is 0 Å². The number of para-hydroxylation sites is 2. The minimum Gasteiger partial charge on any atom is -0.504 e. The van der Waals surface area contributed by atoms with Crippen LogP contribution in [0.5, 0.6) is 11.5 Å². The predicted octanol–water partition coefficient (Wildman–Crippen LogP) is 1.40. The van der Waals surface area contributed by atoms with E-state index in [1.165, 1.54) is 10.6 Å². The van der Waals surface area contributed by atoms with Gasteiger partial charge >= 0.3 is 5.97 Å². The lowest BCUT2D eigenvalue weighted by Gasteiger charge is -2.05. The fourth-order valence-corrected chi connectivity index (χ4v) is 1.53. The number of ether oxygens (including phenoxy) is 1. The molecule has 0 unspecified atom stereocenters. The molecule has 6 heteroatoms. The number of hydrogen-bond acceptors (Lipinski definition) is 4. The molecule has 94 valence electrons. The molecule has 0 bridgehead atoms. The van der Waals surface area contributed by atoms with E-state index in [0.717, 1.165) is 0 Å². The minimum atomic E-state index is -1.09. The largest absolute Gasteiger partial charge is 0.504 e. The highest BCUT2D eigenvalue weighted by atomic mass is 16.5. The Hall–Kier alpha value is -2.50. The zero-order valence-corrected chi connectivity index (χ0v) is 9.70. The zero-order valence-electron chi connectivity index (χ0n) is 9.70. The number of phenolic OH excluding ortho intramolecular Hbond substituents is 1. The number of carboxylic acids is 1. The number of benzene rings is 1. The molecule has 2 rings (SSSR count). The maximum absolute atomic E-state index is 10.8. The molecule has 1 aromatic heterocycles. The van der Waals surface area contributed by atoms with Gasteiger partial charge in [-0.15, -0.1) is 0 Å². The van der Waals surface area contributed by atoms with Crippen molar-refractivity contribution in [2.24, 2.45) is 7.05 Å². The molecule has 1 aromatic carbocycles. The van der Waals surface area contributed by atoms with Gasteiger partial charge in [-0.25, -0.2) is 9.78 Å². The molecule has 1 heterocycles. The Morgan fingerprint density at radius 2 is 2.17 bits per heavy atom. The molecule has 2 N–H and O–H groups in total. The summed E-state index contributed by atoms with van der Waals surface area (Å²) in [6.07, 6.45) is 1.57. The summed E-state index contributed by atoms with van der Waals surface area (Å²) in [6.45, 7) is 0.0959. The Bertz CT molecular complexity index is 577. The average Bonchev–Trinajstić information content (AvgIpc) is 2.70. The number of phenols is 1. The highest BCUT2D eigenvalue weighted by Gasteiger charge is 2.12. The molecular weight excluding hydrogens is 236 g/mol. The third-order valence-corrected chi connectivity index (χ3v) is 2.36. The van der Waals surface area contributed by atoms with Crippen molar-refractivity contribution in [2.75, 3.05) is 0 Å². The van der Waals surface area contributed by atoms with E-state index < -0.39 is 5.97 Å². The smallest absolute Gasteiger partial charge is 0.372 e. The molecule has 0 aliphatic carbocycles. The normalized spacial score (nSPS) is 10.3. The summed E-state index contributed by atoms with van der Waals surface area (Å²) in [7, 11) is 1.60. The molecule has 0 spiro atoms. The van der Waals surface area contributed by atoms with Gasteiger partial charge in [0.15, 0.2) is 11.5 Å². The summed E-state index contributed by atoms with van der Waals surface area (Å²) in [5.74, 6) is -0.774. The van der Waals surface area contributed by atoms with Crippen molar-refractivity contribution in [1.82, 2.24) is 9.55 Å². The summed E-state index contributed by atoms with van der Waals surface area (Å²) in [5, 5.41) is 18.3. The van der Waals surface area contributed by atoms with Gasteiger partial charge in [-0.05, 0) is 12.1 Å². The minimum absolute atomic E-state index is 0.0342.